The maximum absolute atomic E-state index is 6.23. The molecule has 1 heteroatoms. The SMILES string of the molecule is C=C=C1C[C@@H](c2ccccc2)O[C@H]1CCc1ccccc1. The molecular weight excluding hydrogens is 256 g/mol. The Morgan fingerprint density at radius 1 is 1.00 bits per heavy atom. The van der Waals surface area contributed by atoms with E-state index in [4.69, 9.17) is 4.74 Å². The smallest absolute Gasteiger partial charge is 0.0877 e. The number of ether oxygens (including phenoxy) is 1. The van der Waals surface area contributed by atoms with Gasteiger partial charge in [0.2, 0.25) is 0 Å². The van der Waals surface area contributed by atoms with Gasteiger partial charge < -0.3 is 4.74 Å². The number of hydrogen-bond donors (Lipinski definition) is 0. The van der Waals surface area contributed by atoms with Crippen molar-refractivity contribution in [3.05, 3.63) is 89.7 Å². The predicted molar refractivity (Wildman–Crippen MR) is 86.1 cm³/mol. The molecule has 2 aromatic carbocycles. The summed E-state index contributed by atoms with van der Waals surface area (Å²) in [5.74, 6) is 0. The lowest BCUT2D eigenvalue weighted by Gasteiger charge is -2.13. The van der Waals surface area contributed by atoms with Gasteiger partial charge in [-0.15, -0.1) is 5.73 Å². The third-order valence-electron chi connectivity index (χ3n) is 4.06. The van der Waals surface area contributed by atoms with Crippen molar-refractivity contribution < 1.29 is 4.74 Å². The molecule has 2 aromatic rings. The molecule has 0 amide bonds. The molecule has 3 rings (SSSR count). The van der Waals surface area contributed by atoms with Crippen LogP contribution in [0.2, 0.25) is 0 Å². The maximum atomic E-state index is 6.23. The van der Waals surface area contributed by atoms with E-state index in [9.17, 15) is 0 Å². The molecule has 0 aliphatic carbocycles. The Balaban J connectivity index is 1.67. The van der Waals surface area contributed by atoms with Gasteiger partial charge in [-0.25, -0.2) is 0 Å². The Bertz CT molecular complexity index is 623. The molecule has 0 unspecified atom stereocenters. The van der Waals surface area contributed by atoms with E-state index >= 15 is 0 Å². The monoisotopic (exact) mass is 276 g/mol. The third-order valence-corrected chi connectivity index (χ3v) is 4.06. The number of benzene rings is 2. The van der Waals surface area contributed by atoms with Gasteiger partial charge in [-0.2, -0.15) is 0 Å². The molecule has 2 atom stereocenters. The topological polar surface area (TPSA) is 9.23 Å². The zero-order valence-electron chi connectivity index (χ0n) is 12.2. The second kappa shape index (κ2) is 6.58. The summed E-state index contributed by atoms with van der Waals surface area (Å²) in [7, 11) is 0. The van der Waals surface area contributed by atoms with E-state index in [2.05, 4.69) is 66.9 Å². The van der Waals surface area contributed by atoms with Gasteiger partial charge in [0.1, 0.15) is 0 Å². The van der Waals surface area contributed by atoms with Crippen LogP contribution in [0.3, 0.4) is 0 Å². The molecule has 0 N–H and O–H groups in total. The summed E-state index contributed by atoms with van der Waals surface area (Å²) in [6.45, 7) is 3.83. The summed E-state index contributed by atoms with van der Waals surface area (Å²) in [5.41, 5.74) is 6.90. The zero-order chi connectivity index (χ0) is 14.5. The highest BCUT2D eigenvalue weighted by atomic mass is 16.5. The van der Waals surface area contributed by atoms with Crippen LogP contribution in [0.5, 0.6) is 0 Å². The Labute approximate surface area is 126 Å². The van der Waals surface area contributed by atoms with Crippen molar-refractivity contribution in [1.29, 1.82) is 0 Å². The van der Waals surface area contributed by atoms with E-state index in [0.29, 0.717) is 0 Å². The molecule has 0 aromatic heterocycles. The third kappa shape index (κ3) is 3.33. The summed E-state index contributed by atoms with van der Waals surface area (Å²) in [6, 6.07) is 21.0. The minimum atomic E-state index is 0.146. The first-order valence-electron chi connectivity index (χ1n) is 7.50. The van der Waals surface area contributed by atoms with Crippen molar-refractivity contribution >= 4 is 0 Å². The highest BCUT2D eigenvalue weighted by Gasteiger charge is 2.30. The van der Waals surface area contributed by atoms with Crippen LogP contribution in [-0.4, -0.2) is 6.10 Å². The van der Waals surface area contributed by atoms with Crippen LogP contribution in [0.4, 0.5) is 0 Å². The van der Waals surface area contributed by atoms with E-state index in [1.54, 1.807) is 0 Å². The number of rotatable bonds is 4. The highest BCUT2D eigenvalue weighted by molar-refractivity contribution is 5.24. The quantitative estimate of drug-likeness (QED) is 0.725. The average Bonchev–Trinajstić information content (AvgIpc) is 2.98. The van der Waals surface area contributed by atoms with E-state index in [1.165, 1.54) is 16.7 Å². The molecule has 0 bridgehead atoms. The van der Waals surface area contributed by atoms with Crippen LogP contribution in [0.25, 0.3) is 0 Å². The van der Waals surface area contributed by atoms with Crippen LogP contribution in [0.1, 0.15) is 30.1 Å². The Morgan fingerprint density at radius 2 is 1.67 bits per heavy atom. The van der Waals surface area contributed by atoms with E-state index in [1.807, 2.05) is 6.07 Å². The average molecular weight is 276 g/mol. The summed E-state index contributed by atoms with van der Waals surface area (Å²) in [5, 5.41) is 0. The fourth-order valence-electron chi connectivity index (χ4n) is 2.89. The van der Waals surface area contributed by atoms with Gasteiger partial charge in [-0.05, 0) is 24.0 Å². The van der Waals surface area contributed by atoms with Gasteiger partial charge in [0.15, 0.2) is 0 Å². The molecule has 106 valence electrons. The second-order valence-corrected chi connectivity index (χ2v) is 5.45. The molecule has 0 spiro atoms. The fourth-order valence-corrected chi connectivity index (χ4v) is 2.89. The molecular formula is C20H20O. The van der Waals surface area contributed by atoms with E-state index in [-0.39, 0.29) is 12.2 Å². The zero-order valence-corrected chi connectivity index (χ0v) is 12.2. The lowest BCUT2D eigenvalue weighted by atomic mass is 9.99. The molecule has 1 saturated heterocycles. The van der Waals surface area contributed by atoms with Crippen molar-refractivity contribution in [2.24, 2.45) is 0 Å². The summed E-state index contributed by atoms with van der Waals surface area (Å²) < 4.78 is 6.23. The first-order valence-corrected chi connectivity index (χ1v) is 7.50. The van der Waals surface area contributed by atoms with Gasteiger partial charge >= 0.3 is 0 Å². The van der Waals surface area contributed by atoms with E-state index in [0.717, 1.165) is 19.3 Å². The van der Waals surface area contributed by atoms with Crippen LogP contribution < -0.4 is 0 Å². The molecule has 1 heterocycles. The molecule has 1 nitrogen and oxygen atoms in total. The van der Waals surface area contributed by atoms with Crippen molar-refractivity contribution in [2.45, 2.75) is 31.5 Å². The molecule has 0 saturated carbocycles. The normalized spacial score (nSPS) is 21.2. The first kappa shape index (κ1) is 13.9. The van der Waals surface area contributed by atoms with Crippen molar-refractivity contribution in [2.75, 3.05) is 0 Å². The Morgan fingerprint density at radius 3 is 2.33 bits per heavy atom. The maximum Gasteiger partial charge on any atom is 0.0877 e. The first-order chi connectivity index (χ1) is 10.4. The summed E-state index contributed by atoms with van der Waals surface area (Å²) in [4.78, 5) is 0. The van der Waals surface area contributed by atoms with Gasteiger partial charge in [0.25, 0.3) is 0 Å². The van der Waals surface area contributed by atoms with Crippen molar-refractivity contribution in [1.82, 2.24) is 0 Å². The molecule has 21 heavy (non-hydrogen) atoms. The summed E-state index contributed by atoms with van der Waals surface area (Å²) >= 11 is 0. The summed E-state index contributed by atoms with van der Waals surface area (Å²) in [6.07, 6.45) is 3.22. The van der Waals surface area contributed by atoms with Crippen molar-refractivity contribution in [3.8, 4) is 0 Å². The number of aryl methyl sites for hydroxylation is 1. The Kier molecular flexibility index (Phi) is 4.35. The van der Waals surface area contributed by atoms with Crippen molar-refractivity contribution in [3.63, 3.8) is 0 Å². The minimum absolute atomic E-state index is 0.146. The lowest BCUT2D eigenvalue weighted by molar-refractivity contribution is 0.0478. The van der Waals surface area contributed by atoms with Gasteiger partial charge in [-0.3, -0.25) is 0 Å². The van der Waals surface area contributed by atoms with E-state index < -0.39 is 0 Å². The minimum Gasteiger partial charge on any atom is -0.365 e. The second-order valence-electron chi connectivity index (χ2n) is 5.45. The molecule has 0 radical (unpaired) electrons. The lowest BCUT2D eigenvalue weighted by Crippen LogP contribution is -2.09. The van der Waals surface area contributed by atoms with Gasteiger partial charge in [-0.1, -0.05) is 67.2 Å². The highest BCUT2D eigenvalue weighted by Crippen LogP contribution is 2.37. The largest absolute Gasteiger partial charge is 0.365 e. The fraction of sp³-hybridized carbons (Fsp3) is 0.250. The van der Waals surface area contributed by atoms with Crippen LogP contribution in [0, 0.1) is 0 Å². The van der Waals surface area contributed by atoms with Crippen LogP contribution >= 0.6 is 0 Å². The standard InChI is InChI=1S/C20H20O/c1-2-17-15-20(18-11-7-4-8-12-18)21-19(17)14-13-16-9-5-3-6-10-16/h3-12,19-20H,1,13-15H2/t19-,20-/m0/s1. The van der Waals surface area contributed by atoms with Crippen LogP contribution in [-0.2, 0) is 11.2 Å². The van der Waals surface area contributed by atoms with Gasteiger partial charge in [0, 0.05) is 12.0 Å². The van der Waals surface area contributed by atoms with Gasteiger partial charge in [0.05, 0.1) is 12.2 Å². The van der Waals surface area contributed by atoms with Crippen LogP contribution in [0.15, 0.2) is 78.5 Å². The predicted octanol–water partition coefficient (Wildman–Crippen LogP) is 4.86. The Hall–Kier alpha value is -2.08. The molecule has 1 aliphatic heterocycles. The molecule has 1 fully saturated rings. The molecule has 1 aliphatic rings. The number of hydrogen-bond acceptors (Lipinski definition) is 1.